The van der Waals surface area contributed by atoms with E-state index in [-0.39, 0.29) is 12.1 Å². The molecule has 0 spiro atoms. The van der Waals surface area contributed by atoms with E-state index in [4.69, 9.17) is 5.11 Å². The number of nitrogens with one attached hydrogen (secondary N) is 1. The molecular formula is C12H15FN2O4. The van der Waals surface area contributed by atoms with Crippen molar-refractivity contribution in [3.8, 4) is 0 Å². The number of carboxylic acids is 1. The van der Waals surface area contributed by atoms with Crippen molar-refractivity contribution in [3.05, 3.63) is 34.1 Å². The van der Waals surface area contributed by atoms with Gasteiger partial charge in [-0.05, 0) is 18.6 Å². The number of anilines is 1. The molecule has 104 valence electrons. The molecule has 0 radical (unpaired) electrons. The molecule has 0 aliphatic heterocycles. The van der Waals surface area contributed by atoms with Crippen molar-refractivity contribution in [2.45, 2.75) is 32.2 Å². The summed E-state index contributed by atoms with van der Waals surface area (Å²) in [7, 11) is 0. The molecule has 0 aliphatic rings. The zero-order valence-electron chi connectivity index (χ0n) is 10.4. The van der Waals surface area contributed by atoms with Gasteiger partial charge >= 0.3 is 11.7 Å². The average Bonchev–Trinajstić information content (AvgIpc) is 2.27. The minimum atomic E-state index is -1.01. The Morgan fingerprint density at radius 3 is 2.79 bits per heavy atom. The molecule has 1 aromatic carbocycles. The largest absolute Gasteiger partial charge is 0.481 e. The van der Waals surface area contributed by atoms with Crippen molar-refractivity contribution >= 4 is 17.3 Å². The van der Waals surface area contributed by atoms with Crippen molar-refractivity contribution < 1.29 is 19.2 Å². The standard InChI is InChI=1S/C12H15FN2O4/c1-2-4-8(7-11(16)17)14-10-6-3-5-9(13)12(10)15(18)19/h3,5-6,8,14H,2,4,7H2,1H3,(H,16,17). The summed E-state index contributed by atoms with van der Waals surface area (Å²) in [4.78, 5) is 20.7. The fourth-order valence-corrected chi connectivity index (χ4v) is 1.82. The second-order valence-corrected chi connectivity index (χ2v) is 4.12. The minimum Gasteiger partial charge on any atom is -0.481 e. The van der Waals surface area contributed by atoms with Crippen LogP contribution < -0.4 is 5.32 Å². The highest BCUT2D eigenvalue weighted by molar-refractivity contribution is 5.69. The Labute approximate surface area is 109 Å². The maximum atomic E-state index is 13.4. The van der Waals surface area contributed by atoms with Gasteiger partial charge in [-0.15, -0.1) is 0 Å². The molecule has 0 saturated carbocycles. The van der Waals surface area contributed by atoms with Crippen molar-refractivity contribution in [1.82, 2.24) is 0 Å². The molecule has 2 N–H and O–H groups in total. The smallest absolute Gasteiger partial charge is 0.327 e. The average molecular weight is 270 g/mol. The molecule has 1 aromatic rings. The van der Waals surface area contributed by atoms with E-state index in [2.05, 4.69) is 5.32 Å². The zero-order valence-corrected chi connectivity index (χ0v) is 10.4. The molecule has 0 saturated heterocycles. The zero-order chi connectivity index (χ0) is 14.4. The third-order valence-electron chi connectivity index (χ3n) is 2.59. The topological polar surface area (TPSA) is 92.5 Å². The third kappa shape index (κ3) is 4.20. The molecule has 19 heavy (non-hydrogen) atoms. The number of hydrogen-bond acceptors (Lipinski definition) is 4. The Balaban J connectivity index is 2.98. The summed E-state index contributed by atoms with van der Waals surface area (Å²) in [6, 6.07) is 3.23. The summed E-state index contributed by atoms with van der Waals surface area (Å²) < 4.78 is 13.4. The fraction of sp³-hybridized carbons (Fsp3) is 0.417. The second-order valence-electron chi connectivity index (χ2n) is 4.12. The molecule has 7 heteroatoms. The maximum Gasteiger partial charge on any atom is 0.327 e. The van der Waals surface area contributed by atoms with Crippen LogP contribution in [0.1, 0.15) is 26.2 Å². The lowest BCUT2D eigenvalue weighted by atomic mass is 10.1. The molecule has 1 atom stereocenters. The third-order valence-corrected chi connectivity index (χ3v) is 2.59. The van der Waals surface area contributed by atoms with Gasteiger partial charge in [0.05, 0.1) is 11.3 Å². The molecule has 0 fully saturated rings. The number of para-hydroxylation sites is 1. The Morgan fingerprint density at radius 1 is 1.58 bits per heavy atom. The first-order valence-electron chi connectivity index (χ1n) is 5.87. The number of nitrogens with zero attached hydrogens (tertiary/aromatic N) is 1. The number of rotatable bonds is 7. The summed E-state index contributed by atoms with van der Waals surface area (Å²) in [5.74, 6) is -1.95. The van der Waals surface area contributed by atoms with Crippen LogP contribution in [0.3, 0.4) is 0 Å². The molecule has 0 aliphatic carbocycles. The molecule has 0 bridgehead atoms. The second kappa shape index (κ2) is 6.67. The first-order valence-corrected chi connectivity index (χ1v) is 5.87. The Hall–Kier alpha value is -2.18. The first-order chi connectivity index (χ1) is 8.95. The van der Waals surface area contributed by atoms with E-state index < -0.39 is 28.4 Å². The number of nitro groups is 1. The van der Waals surface area contributed by atoms with Gasteiger partial charge in [-0.1, -0.05) is 19.4 Å². The van der Waals surface area contributed by atoms with E-state index in [9.17, 15) is 19.3 Å². The SMILES string of the molecule is CCCC(CC(=O)O)Nc1cccc(F)c1[N+](=O)[O-]. The molecule has 0 heterocycles. The van der Waals surface area contributed by atoms with Crippen LogP contribution in [0, 0.1) is 15.9 Å². The number of hydrogen-bond donors (Lipinski definition) is 2. The lowest BCUT2D eigenvalue weighted by Gasteiger charge is -2.17. The normalized spacial score (nSPS) is 11.9. The van der Waals surface area contributed by atoms with E-state index in [0.717, 1.165) is 6.07 Å². The van der Waals surface area contributed by atoms with Gasteiger partial charge < -0.3 is 10.4 Å². The molecule has 6 nitrogen and oxygen atoms in total. The highest BCUT2D eigenvalue weighted by Crippen LogP contribution is 2.28. The number of aliphatic carboxylic acids is 1. The van der Waals surface area contributed by atoms with Crippen LogP contribution >= 0.6 is 0 Å². The lowest BCUT2D eigenvalue weighted by Crippen LogP contribution is -2.23. The van der Waals surface area contributed by atoms with Crippen LogP contribution in [0.4, 0.5) is 15.8 Å². The number of benzene rings is 1. The lowest BCUT2D eigenvalue weighted by molar-refractivity contribution is -0.386. The van der Waals surface area contributed by atoms with Crippen molar-refractivity contribution in [2.24, 2.45) is 0 Å². The van der Waals surface area contributed by atoms with Gasteiger partial charge in [-0.2, -0.15) is 4.39 Å². The van der Waals surface area contributed by atoms with E-state index in [1.54, 1.807) is 0 Å². The minimum absolute atomic E-state index is 0.00435. The predicted molar refractivity (Wildman–Crippen MR) is 67.6 cm³/mol. The van der Waals surface area contributed by atoms with E-state index >= 15 is 0 Å². The Morgan fingerprint density at radius 2 is 2.26 bits per heavy atom. The summed E-state index contributed by atoms with van der Waals surface area (Å²) in [5, 5.41) is 22.3. The Kier molecular flexibility index (Phi) is 5.23. The number of nitro benzene ring substituents is 1. The van der Waals surface area contributed by atoms with Gasteiger partial charge in [0.1, 0.15) is 5.69 Å². The maximum absolute atomic E-state index is 13.4. The quantitative estimate of drug-likeness (QED) is 0.587. The van der Waals surface area contributed by atoms with Crippen molar-refractivity contribution in [3.63, 3.8) is 0 Å². The van der Waals surface area contributed by atoms with Crippen LogP contribution in [-0.4, -0.2) is 22.0 Å². The van der Waals surface area contributed by atoms with Crippen LogP contribution in [0.15, 0.2) is 18.2 Å². The molecule has 1 unspecified atom stereocenters. The Bertz CT molecular complexity index is 479. The number of carboxylic acid groups (broad SMARTS) is 1. The fourth-order valence-electron chi connectivity index (χ4n) is 1.82. The summed E-state index contributed by atoms with van der Waals surface area (Å²) >= 11 is 0. The van der Waals surface area contributed by atoms with Crippen LogP contribution in [0.5, 0.6) is 0 Å². The predicted octanol–water partition coefficient (Wildman–Crippen LogP) is 2.79. The summed E-state index contributed by atoms with van der Waals surface area (Å²) in [5.41, 5.74) is -0.654. The molecular weight excluding hydrogens is 255 g/mol. The van der Waals surface area contributed by atoms with Gasteiger partial charge in [0.25, 0.3) is 0 Å². The van der Waals surface area contributed by atoms with Crippen molar-refractivity contribution in [1.29, 1.82) is 0 Å². The van der Waals surface area contributed by atoms with E-state index in [1.165, 1.54) is 12.1 Å². The van der Waals surface area contributed by atoms with Gasteiger partial charge in [-0.3, -0.25) is 14.9 Å². The van der Waals surface area contributed by atoms with Gasteiger partial charge in [0.2, 0.25) is 5.82 Å². The van der Waals surface area contributed by atoms with Crippen LogP contribution in [0.25, 0.3) is 0 Å². The molecule has 0 amide bonds. The van der Waals surface area contributed by atoms with Crippen LogP contribution in [-0.2, 0) is 4.79 Å². The number of carbonyl (C=O) groups is 1. The molecule has 1 rings (SSSR count). The van der Waals surface area contributed by atoms with Gasteiger partial charge in [0, 0.05) is 6.04 Å². The number of halogens is 1. The summed E-state index contributed by atoms with van der Waals surface area (Å²) in [6.07, 6.45) is 1.07. The molecule has 0 aromatic heterocycles. The van der Waals surface area contributed by atoms with Crippen LogP contribution in [0.2, 0.25) is 0 Å². The highest BCUT2D eigenvalue weighted by atomic mass is 19.1. The first kappa shape index (κ1) is 14.9. The van der Waals surface area contributed by atoms with E-state index in [0.29, 0.717) is 12.8 Å². The van der Waals surface area contributed by atoms with E-state index in [1.807, 2.05) is 6.92 Å². The summed E-state index contributed by atoms with van der Waals surface area (Å²) in [6.45, 7) is 1.87. The van der Waals surface area contributed by atoms with Gasteiger partial charge in [-0.25, -0.2) is 0 Å². The highest BCUT2D eigenvalue weighted by Gasteiger charge is 2.22. The van der Waals surface area contributed by atoms with Crippen molar-refractivity contribution in [2.75, 3.05) is 5.32 Å². The monoisotopic (exact) mass is 270 g/mol. The van der Waals surface area contributed by atoms with Gasteiger partial charge in [0.15, 0.2) is 0 Å².